The molecule has 1 N–H and O–H groups in total. The Bertz CT molecular complexity index is 828. The van der Waals surface area contributed by atoms with Crippen LogP contribution in [0.5, 0.6) is 0 Å². The second-order valence-electron chi connectivity index (χ2n) is 7.94. The van der Waals surface area contributed by atoms with Gasteiger partial charge in [-0.1, -0.05) is 91.0 Å². The lowest BCUT2D eigenvalue weighted by molar-refractivity contribution is -0.152. The fourth-order valence-corrected chi connectivity index (χ4v) is 4.17. The van der Waals surface area contributed by atoms with Crippen LogP contribution < -0.4 is 0 Å². The van der Waals surface area contributed by atoms with Gasteiger partial charge in [0.15, 0.2) is 6.29 Å². The molecule has 156 valence electrons. The summed E-state index contributed by atoms with van der Waals surface area (Å²) in [5.41, 5.74) is 1.18. The third-order valence-electron chi connectivity index (χ3n) is 5.84. The molecular weight excluding hydrogens is 376 g/mol. The van der Waals surface area contributed by atoms with Crippen molar-refractivity contribution in [2.45, 2.75) is 36.9 Å². The average Bonchev–Trinajstić information content (AvgIpc) is 3.10. The Hall–Kier alpha value is -2.50. The first-order valence-electron chi connectivity index (χ1n) is 10.3. The van der Waals surface area contributed by atoms with Gasteiger partial charge >= 0.3 is 0 Å². The predicted octanol–water partition coefficient (Wildman–Crippen LogP) is 4.51. The summed E-state index contributed by atoms with van der Waals surface area (Å²) in [6.45, 7) is 1.99. The molecule has 0 saturated carbocycles. The summed E-state index contributed by atoms with van der Waals surface area (Å²) in [6.07, 6.45) is -0.529. The highest BCUT2D eigenvalue weighted by Crippen LogP contribution is 2.42. The van der Waals surface area contributed by atoms with E-state index in [9.17, 15) is 5.11 Å². The lowest BCUT2D eigenvalue weighted by Crippen LogP contribution is -2.42. The van der Waals surface area contributed by atoms with E-state index in [1.807, 2.05) is 54.6 Å². The van der Waals surface area contributed by atoms with Crippen LogP contribution in [-0.4, -0.2) is 36.8 Å². The molecule has 1 aliphatic heterocycles. The molecule has 4 nitrogen and oxygen atoms in total. The lowest BCUT2D eigenvalue weighted by atomic mass is 9.80. The van der Waals surface area contributed by atoms with Crippen LogP contribution in [0.4, 0.5) is 0 Å². The Balaban J connectivity index is 1.79. The number of hydrogen-bond acceptors (Lipinski definition) is 4. The topological polar surface area (TPSA) is 47.9 Å². The Kier molecular flexibility index (Phi) is 6.02. The van der Waals surface area contributed by atoms with Gasteiger partial charge in [-0.15, -0.1) is 0 Å². The number of ether oxygens (including phenoxy) is 3. The van der Waals surface area contributed by atoms with E-state index in [2.05, 4.69) is 36.4 Å². The normalized spacial score (nSPS) is 24.1. The third-order valence-corrected chi connectivity index (χ3v) is 5.84. The summed E-state index contributed by atoms with van der Waals surface area (Å²) in [5.74, 6) is 0. The fraction of sp³-hybridized carbons (Fsp3) is 0.308. The summed E-state index contributed by atoms with van der Waals surface area (Å²) in [5, 5.41) is 10.9. The van der Waals surface area contributed by atoms with Crippen molar-refractivity contribution >= 4 is 0 Å². The van der Waals surface area contributed by atoms with Crippen molar-refractivity contribution in [2.24, 2.45) is 0 Å². The van der Waals surface area contributed by atoms with E-state index >= 15 is 0 Å². The van der Waals surface area contributed by atoms with Crippen molar-refractivity contribution in [3.63, 3.8) is 0 Å². The summed E-state index contributed by atoms with van der Waals surface area (Å²) < 4.78 is 18.0. The molecule has 3 aromatic rings. The van der Waals surface area contributed by atoms with E-state index in [0.29, 0.717) is 6.42 Å². The van der Waals surface area contributed by atoms with Crippen molar-refractivity contribution in [3.05, 3.63) is 108 Å². The molecule has 0 spiro atoms. The van der Waals surface area contributed by atoms with Crippen LogP contribution in [0, 0.1) is 0 Å². The van der Waals surface area contributed by atoms with Crippen molar-refractivity contribution < 1.29 is 19.3 Å². The highest BCUT2D eigenvalue weighted by atomic mass is 16.7. The second kappa shape index (κ2) is 8.70. The Labute approximate surface area is 178 Å². The van der Waals surface area contributed by atoms with E-state index in [1.165, 1.54) is 0 Å². The number of methoxy groups -OCH3 is 1. The zero-order valence-electron chi connectivity index (χ0n) is 17.4. The van der Waals surface area contributed by atoms with E-state index in [1.54, 1.807) is 14.0 Å². The maximum Gasteiger partial charge on any atom is 0.160 e. The van der Waals surface area contributed by atoms with E-state index in [-0.39, 0.29) is 6.61 Å². The molecule has 0 unspecified atom stereocenters. The number of hydrogen-bond donors (Lipinski definition) is 1. The second-order valence-corrected chi connectivity index (χ2v) is 7.94. The summed E-state index contributed by atoms with van der Waals surface area (Å²) in [7, 11) is 1.59. The van der Waals surface area contributed by atoms with E-state index in [4.69, 9.17) is 14.2 Å². The first-order chi connectivity index (χ1) is 14.6. The molecular formula is C26H28O4. The molecule has 4 rings (SSSR count). The van der Waals surface area contributed by atoms with Gasteiger partial charge < -0.3 is 19.3 Å². The van der Waals surface area contributed by atoms with Gasteiger partial charge in [0.1, 0.15) is 11.7 Å². The zero-order chi connectivity index (χ0) is 21.0. The van der Waals surface area contributed by atoms with Gasteiger partial charge in [-0.25, -0.2) is 0 Å². The quantitative estimate of drug-likeness (QED) is 0.589. The lowest BCUT2D eigenvalue weighted by Gasteiger charge is -2.37. The summed E-state index contributed by atoms with van der Waals surface area (Å²) in [4.78, 5) is 0. The van der Waals surface area contributed by atoms with Crippen molar-refractivity contribution in [1.82, 2.24) is 0 Å². The van der Waals surface area contributed by atoms with Crippen LogP contribution in [0.15, 0.2) is 91.0 Å². The van der Waals surface area contributed by atoms with Crippen LogP contribution in [0.25, 0.3) is 0 Å². The largest absolute Gasteiger partial charge is 0.387 e. The third kappa shape index (κ3) is 3.92. The highest BCUT2D eigenvalue weighted by molar-refractivity contribution is 5.47. The zero-order valence-corrected chi connectivity index (χ0v) is 17.4. The Morgan fingerprint density at radius 1 is 0.867 bits per heavy atom. The molecule has 1 saturated heterocycles. The van der Waals surface area contributed by atoms with Gasteiger partial charge in [0.05, 0.1) is 12.2 Å². The van der Waals surface area contributed by atoms with Gasteiger partial charge in [-0.05, 0) is 23.6 Å². The minimum atomic E-state index is -1.03. The maximum atomic E-state index is 10.9. The van der Waals surface area contributed by atoms with Gasteiger partial charge in [-0.3, -0.25) is 0 Å². The Morgan fingerprint density at radius 2 is 1.30 bits per heavy atom. The van der Waals surface area contributed by atoms with E-state index in [0.717, 1.165) is 16.7 Å². The molecule has 1 aliphatic rings. The standard InChI is InChI=1S/C26H28O4/c1-25(27)18-24(28-2)30-23(25)19-29-26(20-12-6-3-7-13-20,21-14-8-4-9-15-21)22-16-10-5-11-17-22/h3-17,23-24,27H,18-19H2,1-2H3/t23-,24+,25+/m1/s1. The SMILES string of the molecule is CO[C@@H]1C[C@](C)(O)[C@@H](COC(c2ccccc2)(c2ccccc2)c2ccccc2)O1. The molecule has 1 fully saturated rings. The smallest absolute Gasteiger partial charge is 0.160 e. The van der Waals surface area contributed by atoms with Crippen molar-refractivity contribution in [2.75, 3.05) is 13.7 Å². The highest BCUT2D eigenvalue weighted by Gasteiger charge is 2.46. The Morgan fingerprint density at radius 3 is 1.67 bits per heavy atom. The fourth-order valence-electron chi connectivity index (χ4n) is 4.17. The van der Waals surface area contributed by atoms with Gasteiger partial charge in [0, 0.05) is 13.5 Å². The van der Waals surface area contributed by atoms with Crippen molar-refractivity contribution in [1.29, 1.82) is 0 Å². The van der Waals surface area contributed by atoms with Crippen LogP contribution >= 0.6 is 0 Å². The number of benzene rings is 3. The molecule has 0 aromatic heterocycles. The predicted molar refractivity (Wildman–Crippen MR) is 116 cm³/mol. The number of rotatable bonds is 7. The first-order valence-corrected chi connectivity index (χ1v) is 10.3. The molecule has 3 atom stereocenters. The van der Waals surface area contributed by atoms with E-state index < -0.39 is 23.6 Å². The molecule has 0 radical (unpaired) electrons. The molecule has 30 heavy (non-hydrogen) atoms. The van der Waals surface area contributed by atoms with Crippen LogP contribution in [0.2, 0.25) is 0 Å². The average molecular weight is 405 g/mol. The monoisotopic (exact) mass is 404 g/mol. The minimum Gasteiger partial charge on any atom is -0.387 e. The van der Waals surface area contributed by atoms with Gasteiger partial charge in [-0.2, -0.15) is 0 Å². The van der Waals surface area contributed by atoms with Crippen molar-refractivity contribution in [3.8, 4) is 0 Å². The first kappa shape index (κ1) is 20.8. The van der Waals surface area contributed by atoms with Gasteiger partial charge in [0.25, 0.3) is 0 Å². The molecule has 4 heteroatoms. The van der Waals surface area contributed by atoms with Crippen LogP contribution in [-0.2, 0) is 19.8 Å². The molecule has 1 heterocycles. The van der Waals surface area contributed by atoms with Crippen LogP contribution in [0.3, 0.4) is 0 Å². The summed E-state index contributed by atoms with van der Waals surface area (Å²) >= 11 is 0. The molecule has 0 aliphatic carbocycles. The molecule has 3 aromatic carbocycles. The van der Waals surface area contributed by atoms with Crippen LogP contribution in [0.1, 0.15) is 30.0 Å². The molecule has 0 bridgehead atoms. The molecule has 0 amide bonds. The number of aliphatic hydroxyl groups is 1. The van der Waals surface area contributed by atoms with Gasteiger partial charge in [0.2, 0.25) is 0 Å². The minimum absolute atomic E-state index is 0.214. The summed E-state index contributed by atoms with van der Waals surface area (Å²) in [6, 6.07) is 30.5. The maximum absolute atomic E-state index is 10.9.